The number of rotatable bonds is 0. The summed E-state index contributed by atoms with van der Waals surface area (Å²) in [6, 6.07) is 6.54. The molecule has 9 heteroatoms. The zero-order valence-corrected chi connectivity index (χ0v) is 17.7. The molecule has 1 aliphatic rings. The Morgan fingerprint density at radius 1 is 0.633 bits per heavy atom. The summed E-state index contributed by atoms with van der Waals surface area (Å²) in [6.45, 7) is 3.17. The third-order valence-corrected chi connectivity index (χ3v) is 5.02. The Morgan fingerprint density at radius 2 is 1.03 bits per heavy atom. The smallest absolute Gasteiger partial charge is 0.197 e. The fraction of sp³-hybridized carbons (Fsp3) is 0.381. The van der Waals surface area contributed by atoms with E-state index in [1.165, 1.54) is 0 Å². The van der Waals surface area contributed by atoms with E-state index in [9.17, 15) is 4.79 Å². The summed E-state index contributed by atoms with van der Waals surface area (Å²) in [5.74, 6) is 0.920. The molecule has 2 aromatic carbocycles. The van der Waals surface area contributed by atoms with Gasteiger partial charge in [0.25, 0.3) is 0 Å². The average Bonchev–Trinajstić information content (AvgIpc) is 2.72. The summed E-state index contributed by atoms with van der Waals surface area (Å²) in [5, 5.41) is 1.61. The fourth-order valence-electron chi connectivity index (χ4n) is 3.24. The largest absolute Gasteiger partial charge is 0.489 e. The Labute approximate surface area is 182 Å². The lowest BCUT2D eigenvalue weighted by molar-refractivity contribution is 0.00507. The zero-order chi connectivity index (χ0) is 20.9. The van der Waals surface area contributed by atoms with E-state index in [-0.39, 0.29) is 5.43 Å². The van der Waals surface area contributed by atoms with E-state index in [4.69, 9.17) is 46.9 Å². The topological polar surface area (TPSA) is 79.0 Å². The molecule has 0 saturated heterocycles. The Morgan fingerprint density at radius 3 is 1.47 bits per heavy atom. The molecule has 0 amide bonds. The first-order chi connectivity index (χ1) is 14.6. The van der Waals surface area contributed by atoms with Gasteiger partial charge in [-0.15, -0.1) is 0 Å². The van der Waals surface area contributed by atoms with E-state index in [2.05, 4.69) is 4.98 Å². The maximum atomic E-state index is 13.2. The molecule has 0 saturated carbocycles. The SMILES string of the molecule is O=c1c2cc(Cl)cc3c2[nH]c2c(cc(Cl)cc12)OCCOCCOCCOCCO3. The number of pyridine rings is 1. The van der Waals surface area contributed by atoms with Crippen molar-refractivity contribution in [2.75, 3.05) is 52.9 Å². The standard InChI is InChI=1S/C21H21Cl2NO6/c22-13-9-15-19-17(11-13)29-7-5-27-3-1-26-2-4-28-6-8-30-18-12-14(23)10-16(21(15)25)20(18)24-19/h9-12H,1-8H2,(H,24,25). The van der Waals surface area contributed by atoms with Gasteiger partial charge in [0.1, 0.15) is 24.7 Å². The van der Waals surface area contributed by atoms with Gasteiger partial charge < -0.3 is 28.7 Å². The van der Waals surface area contributed by atoms with Gasteiger partial charge in [-0.3, -0.25) is 4.79 Å². The number of hydrogen-bond donors (Lipinski definition) is 1. The van der Waals surface area contributed by atoms with E-state index in [1.807, 2.05) is 0 Å². The van der Waals surface area contributed by atoms with Crippen LogP contribution in [0.4, 0.5) is 0 Å². The number of hydrogen-bond acceptors (Lipinski definition) is 6. The second-order valence-corrected chi connectivity index (χ2v) is 7.51. The highest BCUT2D eigenvalue weighted by molar-refractivity contribution is 6.32. The molecule has 3 aromatic rings. The van der Waals surface area contributed by atoms with Crippen LogP contribution in [0.1, 0.15) is 0 Å². The third kappa shape index (κ3) is 4.82. The first-order valence-corrected chi connectivity index (χ1v) is 10.4. The predicted molar refractivity (Wildman–Crippen MR) is 116 cm³/mol. The molecule has 1 N–H and O–H groups in total. The van der Waals surface area contributed by atoms with Gasteiger partial charge >= 0.3 is 0 Å². The molecule has 7 nitrogen and oxygen atoms in total. The minimum atomic E-state index is -0.211. The van der Waals surface area contributed by atoms with Crippen LogP contribution >= 0.6 is 23.2 Å². The summed E-state index contributed by atoms with van der Waals surface area (Å²) < 4.78 is 28.2. The first kappa shape index (κ1) is 21.2. The molecule has 0 unspecified atom stereocenters. The molecular formula is C21H21Cl2NO6. The van der Waals surface area contributed by atoms with Gasteiger partial charge in [0.15, 0.2) is 5.43 Å². The number of benzene rings is 2. The molecule has 1 aliphatic heterocycles. The van der Waals surface area contributed by atoms with Gasteiger partial charge in [-0.05, 0) is 12.1 Å². The lowest BCUT2D eigenvalue weighted by atomic mass is 10.1. The minimum Gasteiger partial charge on any atom is -0.489 e. The monoisotopic (exact) mass is 453 g/mol. The summed E-state index contributed by atoms with van der Waals surface area (Å²) in [7, 11) is 0. The van der Waals surface area contributed by atoms with E-state index in [1.54, 1.807) is 24.3 Å². The minimum absolute atomic E-state index is 0.211. The van der Waals surface area contributed by atoms with E-state index in [0.717, 1.165) is 0 Å². The van der Waals surface area contributed by atoms with E-state index >= 15 is 0 Å². The summed E-state index contributed by atoms with van der Waals surface area (Å²) in [5.41, 5.74) is 0.854. The van der Waals surface area contributed by atoms with Gasteiger partial charge in [0.2, 0.25) is 0 Å². The van der Waals surface area contributed by atoms with Crippen LogP contribution in [-0.4, -0.2) is 57.8 Å². The summed E-state index contributed by atoms with van der Waals surface area (Å²) in [4.78, 5) is 16.5. The number of ether oxygens (including phenoxy) is 5. The number of aromatic nitrogens is 1. The molecule has 2 bridgehead atoms. The number of nitrogens with one attached hydrogen (secondary N) is 1. The molecule has 4 rings (SSSR count). The van der Waals surface area contributed by atoms with Crippen LogP contribution in [0.15, 0.2) is 29.1 Å². The second kappa shape index (κ2) is 9.85. The molecule has 0 fully saturated rings. The number of halogens is 2. The quantitative estimate of drug-likeness (QED) is 0.521. The Hall–Kier alpha value is -2.03. The van der Waals surface area contributed by atoms with Gasteiger partial charge in [0, 0.05) is 22.2 Å². The van der Waals surface area contributed by atoms with Crippen molar-refractivity contribution in [2.45, 2.75) is 0 Å². The molecule has 1 aromatic heterocycles. The molecule has 30 heavy (non-hydrogen) atoms. The highest BCUT2D eigenvalue weighted by Crippen LogP contribution is 2.33. The highest BCUT2D eigenvalue weighted by atomic mass is 35.5. The molecule has 0 aliphatic carbocycles. The van der Waals surface area contributed by atoms with Gasteiger partial charge in [0.05, 0.1) is 61.4 Å². The van der Waals surface area contributed by atoms with Crippen molar-refractivity contribution in [2.24, 2.45) is 0 Å². The van der Waals surface area contributed by atoms with Gasteiger partial charge in [-0.25, -0.2) is 0 Å². The molecule has 0 radical (unpaired) electrons. The van der Waals surface area contributed by atoms with Crippen LogP contribution < -0.4 is 14.9 Å². The van der Waals surface area contributed by atoms with Crippen LogP contribution in [0, 0.1) is 0 Å². The second-order valence-electron chi connectivity index (χ2n) is 6.64. The number of aromatic amines is 1. The molecule has 160 valence electrons. The van der Waals surface area contributed by atoms with Crippen molar-refractivity contribution >= 4 is 45.0 Å². The third-order valence-electron chi connectivity index (χ3n) is 4.59. The van der Waals surface area contributed by atoms with E-state index < -0.39 is 0 Å². The Bertz CT molecular complexity index is 1020. The van der Waals surface area contributed by atoms with Crippen molar-refractivity contribution in [1.29, 1.82) is 0 Å². The van der Waals surface area contributed by atoms with Gasteiger partial charge in [-0.1, -0.05) is 23.2 Å². The van der Waals surface area contributed by atoms with E-state index in [0.29, 0.717) is 96.2 Å². The lowest BCUT2D eigenvalue weighted by Gasteiger charge is -2.14. The maximum absolute atomic E-state index is 13.2. The summed E-state index contributed by atoms with van der Waals surface area (Å²) >= 11 is 12.5. The van der Waals surface area contributed by atoms with Crippen molar-refractivity contribution in [3.63, 3.8) is 0 Å². The molecular weight excluding hydrogens is 433 g/mol. The fourth-order valence-corrected chi connectivity index (χ4v) is 3.66. The van der Waals surface area contributed by atoms with Crippen LogP contribution in [0.2, 0.25) is 10.0 Å². The lowest BCUT2D eigenvalue weighted by Crippen LogP contribution is -2.15. The first-order valence-electron chi connectivity index (χ1n) is 9.61. The number of H-pyrrole nitrogens is 1. The normalized spacial score (nSPS) is 16.9. The van der Waals surface area contributed by atoms with Crippen molar-refractivity contribution in [3.05, 3.63) is 44.5 Å². The predicted octanol–water partition coefficient (Wildman–Crippen LogP) is 3.81. The van der Waals surface area contributed by atoms with Crippen LogP contribution in [0.3, 0.4) is 0 Å². The van der Waals surface area contributed by atoms with Crippen molar-refractivity contribution in [3.8, 4) is 11.5 Å². The van der Waals surface area contributed by atoms with Crippen molar-refractivity contribution < 1.29 is 23.7 Å². The molecule has 0 atom stereocenters. The summed E-state index contributed by atoms with van der Waals surface area (Å²) in [6.07, 6.45) is 0. The Kier molecular flexibility index (Phi) is 6.97. The molecule has 2 heterocycles. The van der Waals surface area contributed by atoms with Crippen LogP contribution in [0.25, 0.3) is 21.8 Å². The Balaban J connectivity index is 1.79. The van der Waals surface area contributed by atoms with Crippen molar-refractivity contribution in [1.82, 2.24) is 4.98 Å². The van der Waals surface area contributed by atoms with Crippen LogP contribution in [-0.2, 0) is 14.2 Å². The van der Waals surface area contributed by atoms with Gasteiger partial charge in [-0.2, -0.15) is 0 Å². The molecule has 0 spiro atoms. The average molecular weight is 454 g/mol. The zero-order valence-electron chi connectivity index (χ0n) is 16.2. The maximum Gasteiger partial charge on any atom is 0.197 e. The van der Waals surface area contributed by atoms with Crippen LogP contribution in [0.5, 0.6) is 11.5 Å². The highest BCUT2D eigenvalue weighted by Gasteiger charge is 2.15.